The van der Waals surface area contributed by atoms with Crippen molar-refractivity contribution in [2.75, 3.05) is 38.3 Å². The third-order valence-electron chi connectivity index (χ3n) is 7.38. The molecule has 1 saturated heterocycles. The minimum atomic E-state index is -3.56. The Bertz CT molecular complexity index is 1020. The van der Waals surface area contributed by atoms with Crippen LogP contribution in [0.4, 0.5) is 19.3 Å². The van der Waals surface area contributed by atoms with Crippen LogP contribution in [0, 0.1) is 11.3 Å². The van der Waals surface area contributed by atoms with E-state index in [1.165, 1.54) is 7.11 Å². The van der Waals surface area contributed by atoms with E-state index in [9.17, 15) is 28.3 Å². The fourth-order valence-electron chi connectivity index (χ4n) is 5.22. The number of hydrogen-bond acceptors (Lipinski definition) is 7. The average Bonchev–Trinajstić information content (AvgIpc) is 2.90. The van der Waals surface area contributed by atoms with E-state index in [1.807, 2.05) is 38.1 Å². The van der Waals surface area contributed by atoms with Crippen molar-refractivity contribution < 1.29 is 37.7 Å². The van der Waals surface area contributed by atoms with Crippen LogP contribution in [0.2, 0.25) is 0 Å². The molecule has 0 aromatic heterocycles. The van der Waals surface area contributed by atoms with Crippen molar-refractivity contribution in [1.29, 1.82) is 0 Å². The molecule has 5 N–H and O–H groups in total. The Morgan fingerprint density at radius 2 is 1.88 bits per heavy atom. The normalized spacial score (nSPS) is 19.5. The number of nitrogens with zero attached hydrogens (tertiary/aromatic N) is 1. The maximum Gasteiger partial charge on any atom is 0.407 e. The highest BCUT2D eigenvalue weighted by Crippen LogP contribution is 2.34. The van der Waals surface area contributed by atoms with Crippen LogP contribution in [0.25, 0.3) is 0 Å². The van der Waals surface area contributed by atoms with Crippen molar-refractivity contribution in [3.05, 3.63) is 29.8 Å². The number of carbonyl (C=O) groups excluding carboxylic acids is 3. The number of halogens is 3. The molecular formula is C27H41ClF2N4O6. The molecule has 226 valence electrons. The molecule has 13 heteroatoms. The predicted octanol–water partition coefficient (Wildman–Crippen LogP) is 2.39. The summed E-state index contributed by atoms with van der Waals surface area (Å²) in [4.78, 5) is 39.0. The highest BCUT2D eigenvalue weighted by molar-refractivity contribution is 5.95. The van der Waals surface area contributed by atoms with Crippen LogP contribution < -0.4 is 21.3 Å². The molecule has 2 aliphatic heterocycles. The van der Waals surface area contributed by atoms with Gasteiger partial charge in [-0.15, -0.1) is 12.4 Å². The number of hydrogen-bond donors (Lipinski definition) is 4. The summed E-state index contributed by atoms with van der Waals surface area (Å²) in [5.74, 6) is -6.29. The van der Waals surface area contributed by atoms with Gasteiger partial charge < -0.3 is 35.8 Å². The van der Waals surface area contributed by atoms with Gasteiger partial charge in [0, 0.05) is 50.4 Å². The number of nitrogens with two attached hydrogens (primary N) is 1. The second-order valence-corrected chi connectivity index (χ2v) is 11.2. The highest BCUT2D eigenvalue weighted by Gasteiger charge is 2.47. The van der Waals surface area contributed by atoms with Gasteiger partial charge in [-0.3, -0.25) is 9.59 Å². The molecule has 10 nitrogen and oxygen atoms in total. The van der Waals surface area contributed by atoms with E-state index in [-0.39, 0.29) is 69.8 Å². The van der Waals surface area contributed by atoms with Crippen LogP contribution in [0.15, 0.2) is 24.3 Å². The van der Waals surface area contributed by atoms with Gasteiger partial charge in [-0.2, -0.15) is 8.78 Å². The summed E-state index contributed by atoms with van der Waals surface area (Å²) < 4.78 is 38.8. The first-order chi connectivity index (χ1) is 18.3. The Kier molecular flexibility index (Phi) is 12.1. The summed E-state index contributed by atoms with van der Waals surface area (Å²) >= 11 is 0. The zero-order chi connectivity index (χ0) is 28.8. The fraction of sp³-hybridized carbons (Fsp3) is 0.667. The third kappa shape index (κ3) is 8.73. The zero-order valence-corrected chi connectivity index (χ0v) is 24.0. The molecule has 0 aliphatic carbocycles. The summed E-state index contributed by atoms with van der Waals surface area (Å²) in [6.45, 7) is 3.86. The van der Waals surface area contributed by atoms with Gasteiger partial charge in [-0.25, -0.2) is 4.79 Å². The van der Waals surface area contributed by atoms with E-state index in [4.69, 9.17) is 15.2 Å². The molecule has 1 aromatic rings. The van der Waals surface area contributed by atoms with Gasteiger partial charge in [0.2, 0.25) is 5.91 Å². The Labute approximate surface area is 239 Å². The number of amides is 3. The summed E-state index contributed by atoms with van der Waals surface area (Å²) in [6.07, 6.45) is -0.846. The molecule has 3 rings (SSSR count). The number of aliphatic hydroxyl groups excluding tert-OH is 1. The molecule has 3 atom stereocenters. The molecule has 1 fully saturated rings. The number of aliphatic hydroxyl groups is 1. The van der Waals surface area contributed by atoms with Crippen molar-refractivity contribution in [3.63, 3.8) is 0 Å². The molecule has 0 radical (unpaired) electrons. The summed E-state index contributed by atoms with van der Waals surface area (Å²) in [6, 6.07) is 6.26. The van der Waals surface area contributed by atoms with Gasteiger partial charge in [0.1, 0.15) is 0 Å². The Hall–Kier alpha value is -2.54. The summed E-state index contributed by atoms with van der Waals surface area (Å²) in [5, 5.41) is 15.4. The van der Waals surface area contributed by atoms with Gasteiger partial charge in [0.05, 0.1) is 19.3 Å². The molecule has 2 heterocycles. The largest absolute Gasteiger partial charge is 0.453 e. The Morgan fingerprint density at radius 1 is 1.23 bits per heavy atom. The van der Waals surface area contributed by atoms with E-state index in [2.05, 4.69) is 10.6 Å². The second kappa shape index (κ2) is 14.4. The lowest BCUT2D eigenvalue weighted by atomic mass is 9.80. The molecule has 0 bridgehead atoms. The van der Waals surface area contributed by atoms with Gasteiger partial charge in [-0.05, 0) is 42.7 Å². The molecule has 1 aromatic carbocycles. The topological polar surface area (TPSA) is 143 Å². The molecule has 2 aliphatic rings. The van der Waals surface area contributed by atoms with Crippen molar-refractivity contribution in [2.45, 2.75) is 70.1 Å². The first-order valence-corrected chi connectivity index (χ1v) is 13.2. The number of ether oxygens (including phenoxy) is 2. The second-order valence-electron chi connectivity index (χ2n) is 11.2. The number of fused-ring (bicyclic) bond motifs is 1. The van der Waals surface area contributed by atoms with Crippen LogP contribution in [-0.4, -0.2) is 80.5 Å². The minimum Gasteiger partial charge on any atom is -0.453 e. The molecule has 3 amide bonds. The molecule has 40 heavy (non-hydrogen) atoms. The maximum atomic E-state index is 14.5. The number of carbonyl (C=O) groups is 3. The van der Waals surface area contributed by atoms with Crippen LogP contribution in [0.1, 0.15) is 45.1 Å². The quantitative estimate of drug-likeness (QED) is 0.328. The van der Waals surface area contributed by atoms with Crippen molar-refractivity contribution in [3.8, 4) is 0 Å². The van der Waals surface area contributed by atoms with Crippen LogP contribution >= 0.6 is 12.4 Å². The number of para-hydroxylation sites is 1. The smallest absolute Gasteiger partial charge is 0.407 e. The number of alkyl halides is 2. The van der Waals surface area contributed by atoms with Crippen molar-refractivity contribution in [2.24, 2.45) is 17.1 Å². The molecule has 0 spiro atoms. The van der Waals surface area contributed by atoms with Gasteiger partial charge >= 0.3 is 12.0 Å². The van der Waals surface area contributed by atoms with Crippen molar-refractivity contribution >= 4 is 36.0 Å². The predicted molar refractivity (Wildman–Crippen MR) is 148 cm³/mol. The van der Waals surface area contributed by atoms with Crippen molar-refractivity contribution in [1.82, 2.24) is 10.6 Å². The van der Waals surface area contributed by atoms with Gasteiger partial charge in [0.15, 0.2) is 0 Å². The Balaban J connectivity index is 0.00000560. The third-order valence-corrected chi connectivity index (χ3v) is 7.38. The number of anilines is 1. The van der Waals surface area contributed by atoms with E-state index in [1.54, 1.807) is 4.90 Å². The van der Waals surface area contributed by atoms with E-state index in [0.717, 1.165) is 11.3 Å². The van der Waals surface area contributed by atoms with Crippen LogP contribution in [-0.2, 0) is 25.5 Å². The summed E-state index contributed by atoms with van der Waals surface area (Å²) in [7, 11) is 1.28. The molecule has 0 saturated carbocycles. The monoisotopic (exact) mass is 590 g/mol. The van der Waals surface area contributed by atoms with E-state index >= 15 is 0 Å². The van der Waals surface area contributed by atoms with Gasteiger partial charge in [-0.1, -0.05) is 32.0 Å². The number of nitrogens with one attached hydrogen (secondary N) is 2. The van der Waals surface area contributed by atoms with E-state index < -0.39 is 47.9 Å². The number of rotatable bonds is 10. The molecular weight excluding hydrogens is 550 g/mol. The van der Waals surface area contributed by atoms with E-state index in [0.29, 0.717) is 6.42 Å². The lowest BCUT2D eigenvalue weighted by Crippen LogP contribution is -2.52. The number of benzene rings is 1. The fourth-order valence-corrected chi connectivity index (χ4v) is 5.22. The minimum absolute atomic E-state index is 0. The van der Waals surface area contributed by atoms with Crippen LogP contribution in [0.5, 0.6) is 0 Å². The van der Waals surface area contributed by atoms with Crippen LogP contribution in [0.3, 0.4) is 0 Å². The lowest BCUT2D eigenvalue weighted by Gasteiger charge is -2.37. The highest BCUT2D eigenvalue weighted by atomic mass is 35.5. The number of methoxy groups -OCH3 is 1. The maximum absolute atomic E-state index is 14.5. The average molecular weight is 591 g/mol. The zero-order valence-electron chi connectivity index (χ0n) is 23.2. The lowest BCUT2D eigenvalue weighted by molar-refractivity contribution is -0.160. The SMILES string of the molecule is COC(=O)NC1Cc2ccccc2N(C(=O)CC(C)(C)C[C@H](N)[C@@H](O)CNC(=O)C(F)(F)C2CCOCC2)C1.Cl. The van der Waals surface area contributed by atoms with Gasteiger partial charge in [0.25, 0.3) is 5.91 Å². The summed E-state index contributed by atoms with van der Waals surface area (Å²) in [5.41, 5.74) is 7.19. The number of alkyl carbamates (subject to hydrolysis) is 1. The molecule has 1 unspecified atom stereocenters. The first kappa shape index (κ1) is 33.7. The standard InChI is InChI=1S/C27H40F2N4O6.ClH/c1-26(2,13-20(30)22(34)15-31-24(36)27(28,29)18-8-10-39-11-9-18)14-23(35)33-16-19(32-25(37)38-3)12-17-6-4-5-7-21(17)33;/h4-7,18-20,22,34H,8-16,30H2,1-3H3,(H,31,36)(H,32,37);1H/t19?,20-,22-;/m0./s1. The Morgan fingerprint density at radius 3 is 2.52 bits per heavy atom. The first-order valence-electron chi connectivity index (χ1n) is 13.2.